The lowest BCUT2D eigenvalue weighted by atomic mass is 10.0. The minimum absolute atomic E-state index is 0.0309. The maximum Gasteiger partial charge on any atom is 0.292 e. The monoisotopic (exact) mass is 384 g/mol. The van der Waals surface area contributed by atoms with Gasteiger partial charge in [-0.1, -0.05) is 32.4 Å². The quantitative estimate of drug-likeness (QED) is 0.314. The van der Waals surface area contributed by atoms with Gasteiger partial charge in [-0.3, -0.25) is 4.68 Å². The molecule has 2 aromatic heterocycles. The van der Waals surface area contributed by atoms with E-state index in [0.29, 0.717) is 5.69 Å². The first-order valence-electron chi connectivity index (χ1n) is 9.62. The van der Waals surface area contributed by atoms with Gasteiger partial charge in [-0.25, -0.2) is 0 Å². The summed E-state index contributed by atoms with van der Waals surface area (Å²) in [5.74, 6) is 0. The number of nitrogens with one attached hydrogen (secondary N) is 2. The normalized spacial score (nSPS) is 12.2. The first kappa shape index (κ1) is 19.9. The molecule has 0 aliphatic rings. The van der Waals surface area contributed by atoms with E-state index >= 15 is 0 Å². The van der Waals surface area contributed by atoms with E-state index in [9.17, 15) is 5.11 Å². The van der Waals surface area contributed by atoms with Crippen LogP contribution >= 0.6 is 0 Å². The lowest BCUT2D eigenvalue weighted by Crippen LogP contribution is -2.19. The largest absolute Gasteiger partial charge is 0.432 e. The van der Waals surface area contributed by atoms with Gasteiger partial charge in [0.1, 0.15) is 12.0 Å². The third-order valence-corrected chi connectivity index (χ3v) is 4.48. The third-order valence-electron chi connectivity index (χ3n) is 4.48. The highest BCUT2D eigenvalue weighted by molar-refractivity contribution is 5.69. The minimum atomic E-state index is -1.00. The Balaban J connectivity index is 1.81. The summed E-state index contributed by atoms with van der Waals surface area (Å²) in [6.45, 7) is 6.86. The van der Waals surface area contributed by atoms with E-state index in [1.54, 1.807) is 0 Å². The van der Waals surface area contributed by atoms with Crippen molar-refractivity contribution in [1.29, 1.82) is 0 Å². The number of aromatic nitrogens is 3. The second kappa shape index (κ2) is 9.38. The van der Waals surface area contributed by atoms with E-state index < -0.39 is 6.23 Å². The Kier molecular flexibility index (Phi) is 6.67. The summed E-state index contributed by atoms with van der Waals surface area (Å²) in [6, 6.07) is 6.23. The molecule has 28 heavy (non-hydrogen) atoms. The van der Waals surface area contributed by atoms with E-state index in [4.69, 9.17) is 10.2 Å². The van der Waals surface area contributed by atoms with Crippen LogP contribution < -0.4 is 16.4 Å². The Bertz CT molecular complexity index is 888. The van der Waals surface area contributed by atoms with Gasteiger partial charge in [-0.2, -0.15) is 10.1 Å². The highest BCUT2D eigenvalue weighted by Crippen LogP contribution is 2.29. The zero-order valence-corrected chi connectivity index (χ0v) is 16.4. The number of nitrogen functional groups attached to an aromatic ring is 1. The van der Waals surface area contributed by atoms with Gasteiger partial charge in [-0.05, 0) is 30.2 Å². The van der Waals surface area contributed by atoms with Crippen LogP contribution in [0.5, 0.6) is 0 Å². The van der Waals surface area contributed by atoms with Crippen molar-refractivity contribution in [3.05, 3.63) is 48.1 Å². The van der Waals surface area contributed by atoms with Crippen molar-refractivity contribution >= 4 is 11.7 Å². The first-order valence-corrected chi connectivity index (χ1v) is 9.62. The van der Waals surface area contributed by atoms with Crippen LogP contribution in [-0.4, -0.2) is 33.0 Å². The summed E-state index contributed by atoms with van der Waals surface area (Å²) < 4.78 is 6.92. The Morgan fingerprint density at radius 1 is 1.29 bits per heavy atom. The van der Waals surface area contributed by atoms with Crippen LogP contribution in [0, 0.1) is 0 Å². The van der Waals surface area contributed by atoms with Crippen LogP contribution in [0.15, 0.2) is 41.3 Å². The van der Waals surface area contributed by atoms with Gasteiger partial charge in [0.05, 0.1) is 12.7 Å². The Hall–Kier alpha value is -2.84. The molecule has 0 fully saturated rings. The van der Waals surface area contributed by atoms with Gasteiger partial charge >= 0.3 is 0 Å². The molecule has 0 saturated carbocycles. The molecule has 0 aliphatic heterocycles. The number of rotatable bonds is 10. The molecule has 1 unspecified atom stereocenters. The maximum atomic E-state index is 10.5. The lowest BCUT2D eigenvalue weighted by Gasteiger charge is -2.16. The number of hydrogen-bond acceptors (Lipinski definition) is 7. The van der Waals surface area contributed by atoms with Crippen molar-refractivity contribution < 1.29 is 9.52 Å². The second-order valence-electron chi connectivity index (χ2n) is 6.63. The number of anilines is 2. The molecule has 1 atom stereocenters. The van der Waals surface area contributed by atoms with Crippen molar-refractivity contribution in [2.24, 2.45) is 0 Å². The zero-order valence-electron chi connectivity index (χ0n) is 16.4. The predicted molar refractivity (Wildman–Crippen MR) is 110 cm³/mol. The fourth-order valence-corrected chi connectivity index (χ4v) is 3.03. The van der Waals surface area contributed by atoms with Gasteiger partial charge in [0.15, 0.2) is 6.23 Å². The molecule has 8 nitrogen and oxygen atoms in total. The summed E-state index contributed by atoms with van der Waals surface area (Å²) in [7, 11) is 0. The molecule has 5 N–H and O–H groups in total. The molecule has 0 spiro atoms. The van der Waals surface area contributed by atoms with Gasteiger partial charge in [0.2, 0.25) is 0 Å². The summed E-state index contributed by atoms with van der Waals surface area (Å²) in [5.41, 5.74) is 9.89. The summed E-state index contributed by atoms with van der Waals surface area (Å²) in [4.78, 5) is 3.98. The van der Waals surface area contributed by atoms with E-state index in [1.165, 1.54) is 6.26 Å². The molecule has 3 aromatic rings. The van der Waals surface area contributed by atoms with Crippen molar-refractivity contribution in [3.63, 3.8) is 0 Å². The van der Waals surface area contributed by atoms with Crippen LogP contribution in [0.3, 0.4) is 0 Å². The standard InChI is InChI=1S/C20H28N6O2/c1-3-5-14-6-7-15(16-11-23-26(12-16)9-8-22-4-2)10-17(14)24-19(27)18-13-28-20(21)25-18/h6-7,10-13,19,22,24,27H,3-5,8-9H2,1-2H3,(H2,21,25). The Morgan fingerprint density at radius 3 is 2.86 bits per heavy atom. The van der Waals surface area contributed by atoms with Crippen LogP contribution in [-0.2, 0) is 13.0 Å². The number of likely N-dealkylation sites (N-methyl/N-ethyl adjacent to an activating group) is 1. The summed E-state index contributed by atoms with van der Waals surface area (Å²) >= 11 is 0. The predicted octanol–water partition coefficient (Wildman–Crippen LogP) is 2.79. The molecule has 8 heteroatoms. The van der Waals surface area contributed by atoms with E-state index in [2.05, 4.69) is 46.7 Å². The molecule has 0 bridgehead atoms. The molecular formula is C20H28N6O2. The summed E-state index contributed by atoms with van der Waals surface area (Å²) in [5, 5.41) is 21.3. The number of oxazole rings is 1. The van der Waals surface area contributed by atoms with Gasteiger partial charge in [-0.15, -0.1) is 0 Å². The van der Waals surface area contributed by atoms with Gasteiger partial charge in [0.25, 0.3) is 6.01 Å². The molecule has 0 amide bonds. The zero-order chi connectivity index (χ0) is 19.9. The fourth-order valence-electron chi connectivity index (χ4n) is 3.03. The third kappa shape index (κ3) is 4.90. The minimum Gasteiger partial charge on any atom is -0.432 e. The number of nitrogens with zero attached hydrogens (tertiary/aromatic N) is 3. The van der Waals surface area contributed by atoms with E-state index in [-0.39, 0.29) is 6.01 Å². The number of hydrogen-bond donors (Lipinski definition) is 4. The van der Waals surface area contributed by atoms with Crippen molar-refractivity contribution in [2.45, 2.75) is 39.5 Å². The molecule has 0 radical (unpaired) electrons. The SMILES string of the molecule is CCCc1ccc(-c2cnn(CCNCC)c2)cc1NC(O)c1coc(N)n1. The maximum absolute atomic E-state index is 10.5. The number of aliphatic hydroxyl groups is 1. The van der Waals surface area contributed by atoms with Crippen LogP contribution in [0.2, 0.25) is 0 Å². The van der Waals surface area contributed by atoms with Crippen molar-refractivity contribution in [1.82, 2.24) is 20.1 Å². The molecule has 0 saturated heterocycles. The van der Waals surface area contributed by atoms with E-state index in [1.807, 2.05) is 23.1 Å². The van der Waals surface area contributed by atoms with Crippen molar-refractivity contribution in [3.8, 4) is 11.1 Å². The average Bonchev–Trinajstić information content (AvgIpc) is 3.33. The smallest absolute Gasteiger partial charge is 0.292 e. The number of aryl methyl sites for hydroxylation is 1. The molecule has 1 aromatic carbocycles. The Labute approximate surface area is 164 Å². The molecule has 3 rings (SSSR count). The highest BCUT2D eigenvalue weighted by Gasteiger charge is 2.15. The van der Waals surface area contributed by atoms with Crippen LogP contribution in [0.4, 0.5) is 11.7 Å². The second-order valence-corrected chi connectivity index (χ2v) is 6.63. The van der Waals surface area contributed by atoms with Gasteiger partial charge < -0.3 is 25.9 Å². The van der Waals surface area contributed by atoms with Gasteiger partial charge in [0, 0.05) is 24.0 Å². The Morgan fingerprint density at radius 2 is 2.14 bits per heavy atom. The molecule has 0 aliphatic carbocycles. The fraction of sp³-hybridized carbons (Fsp3) is 0.400. The van der Waals surface area contributed by atoms with Crippen LogP contribution in [0.1, 0.15) is 37.8 Å². The average molecular weight is 384 g/mol. The lowest BCUT2D eigenvalue weighted by molar-refractivity contribution is 0.203. The first-order chi connectivity index (χ1) is 13.6. The van der Waals surface area contributed by atoms with E-state index in [0.717, 1.165) is 54.9 Å². The topological polar surface area (TPSA) is 114 Å². The number of nitrogens with two attached hydrogens (primary N) is 1. The highest BCUT2D eigenvalue weighted by atomic mass is 16.4. The molecule has 2 heterocycles. The summed E-state index contributed by atoms with van der Waals surface area (Å²) in [6.07, 6.45) is 6.14. The molecule has 150 valence electrons. The molecular weight excluding hydrogens is 356 g/mol. The van der Waals surface area contributed by atoms with Crippen LogP contribution in [0.25, 0.3) is 11.1 Å². The number of aliphatic hydroxyl groups excluding tert-OH is 1. The number of benzene rings is 1. The van der Waals surface area contributed by atoms with Crippen molar-refractivity contribution in [2.75, 3.05) is 24.1 Å².